The number of rotatable bonds is 3. The van der Waals surface area contributed by atoms with Crippen LogP contribution in [0.1, 0.15) is 27.7 Å². The van der Waals surface area contributed by atoms with Crippen molar-refractivity contribution in [3.63, 3.8) is 0 Å². The number of aromatic nitrogens is 6. The molecule has 1 atom stereocenters. The Balaban J connectivity index is 2.38. The molecule has 0 radical (unpaired) electrons. The second kappa shape index (κ2) is 5.32. The van der Waals surface area contributed by atoms with Crippen LogP contribution in [-0.2, 0) is 0 Å². The van der Waals surface area contributed by atoms with E-state index in [1.165, 1.54) is 17.3 Å². The van der Waals surface area contributed by atoms with E-state index in [2.05, 4.69) is 52.7 Å². The van der Waals surface area contributed by atoms with Crippen LogP contribution in [-0.4, -0.2) is 42.8 Å². The minimum Gasteiger partial charge on any atom is -0.340 e. The molecule has 8 heteroatoms. The van der Waals surface area contributed by atoms with Gasteiger partial charge in [-0.25, -0.2) is 4.98 Å². The minimum absolute atomic E-state index is 0.0846. The third kappa shape index (κ3) is 3.04. The van der Waals surface area contributed by atoms with Gasteiger partial charge in [-0.05, 0) is 23.9 Å². The van der Waals surface area contributed by atoms with Crippen LogP contribution in [0.5, 0.6) is 0 Å². The minimum atomic E-state index is 0.0846. The summed E-state index contributed by atoms with van der Waals surface area (Å²) in [6.07, 6.45) is 2.93. The Labute approximate surface area is 123 Å². The van der Waals surface area contributed by atoms with Crippen molar-refractivity contribution in [2.24, 2.45) is 5.41 Å². The Hall–Kier alpha value is -1.76. The lowest BCUT2D eigenvalue weighted by atomic mass is 9.87. The smallest absolute Gasteiger partial charge is 0.258 e. The van der Waals surface area contributed by atoms with Crippen LogP contribution < -0.4 is 4.90 Å². The molecule has 0 saturated carbocycles. The van der Waals surface area contributed by atoms with E-state index in [9.17, 15) is 0 Å². The summed E-state index contributed by atoms with van der Waals surface area (Å²) in [6.45, 7) is 8.60. The predicted octanol–water partition coefficient (Wildman–Crippen LogP) is 1.98. The number of halogens is 1. The normalized spacial score (nSPS) is 13.3. The molecule has 2 aromatic rings. The highest BCUT2D eigenvalue weighted by atomic mass is 35.5. The molecular weight excluding hydrogens is 278 g/mol. The van der Waals surface area contributed by atoms with Crippen molar-refractivity contribution < 1.29 is 0 Å². The monoisotopic (exact) mass is 295 g/mol. The number of hydrogen-bond donors (Lipinski definition) is 0. The fourth-order valence-electron chi connectivity index (χ4n) is 1.66. The maximum atomic E-state index is 5.98. The van der Waals surface area contributed by atoms with Gasteiger partial charge in [0, 0.05) is 13.1 Å². The molecule has 0 aliphatic rings. The summed E-state index contributed by atoms with van der Waals surface area (Å²) in [5, 5.41) is 4.13. The molecule has 0 aliphatic heterocycles. The maximum absolute atomic E-state index is 5.98. The van der Waals surface area contributed by atoms with Gasteiger partial charge in [-0.1, -0.05) is 20.8 Å². The lowest BCUT2D eigenvalue weighted by Gasteiger charge is -2.35. The van der Waals surface area contributed by atoms with Crippen LogP contribution in [0.25, 0.3) is 5.95 Å². The summed E-state index contributed by atoms with van der Waals surface area (Å²) < 4.78 is 1.45. The van der Waals surface area contributed by atoms with Gasteiger partial charge in [-0.3, -0.25) is 0 Å². The van der Waals surface area contributed by atoms with Crippen molar-refractivity contribution in [3.05, 3.63) is 17.9 Å². The van der Waals surface area contributed by atoms with Crippen LogP contribution in [0.15, 0.2) is 12.7 Å². The Morgan fingerprint density at radius 1 is 1.25 bits per heavy atom. The largest absolute Gasteiger partial charge is 0.340 e. The average Bonchev–Trinajstić information content (AvgIpc) is 2.89. The second-order valence-corrected chi connectivity index (χ2v) is 6.04. The van der Waals surface area contributed by atoms with Crippen molar-refractivity contribution in [1.82, 2.24) is 29.7 Å². The van der Waals surface area contributed by atoms with Crippen LogP contribution >= 0.6 is 11.6 Å². The van der Waals surface area contributed by atoms with Crippen LogP contribution in [0.3, 0.4) is 0 Å². The van der Waals surface area contributed by atoms with E-state index in [1.807, 2.05) is 11.9 Å². The van der Waals surface area contributed by atoms with Crippen LogP contribution in [0.4, 0.5) is 5.95 Å². The fourth-order valence-corrected chi connectivity index (χ4v) is 1.81. The molecule has 0 aromatic carbocycles. The summed E-state index contributed by atoms with van der Waals surface area (Å²) in [4.78, 5) is 18.5. The molecule has 20 heavy (non-hydrogen) atoms. The Morgan fingerprint density at radius 3 is 2.50 bits per heavy atom. The van der Waals surface area contributed by atoms with Gasteiger partial charge in [0.05, 0.1) is 0 Å². The maximum Gasteiger partial charge on any atom is 0.258 e. The first-order valence-corrected chi connectivity index (χ1v) is 6.66. The third-order valence-electron chi connectivity index (χ3n) is 3.36. The first-order chi connectivity index (χ1) is 9.29. The summed E-state index contributed by atoms with van der Waals surface area (Å²) in [7, 11) is 1.94. The number of nitrogens with zero attached hydrogens (tertiary/aromatic N) is 7. The van der Waals surface area contributed by atoms with Crippen LogP contribution in [0, 0.1) is 5.41 Å². The molecule has 0 N–H and O–H groups in total. The van der Waals surface area contributed by atoms with Gasteiger partial charge in [0.1, 0.15) is 12.7 Å². The van der Waals surface area contributed by atoms with Gasteiger partial charge < -0.3 is 4.90 Å². The van der Waals surface area contributed by atoms with Gasteiger partial charge in [-0.15, -0.1) is 0 Å². The summed E-state index contributed by atoms with van der Waals surface area (Å²) in [5.41, 5.74) is 0.0846. The van der Waals surface area contributed by atoms with E-state index in [-0.39, 0.29) is 16.7 Å². The highest BCUT2D eigenvalue weighted by Crippen LogP contribution is 2.26. The lowest BCUT2D eigenvalue weighted by Crippen LogP contribution is -2.40. The quantitative estimate of drug-likeness (QED) is 0.862. The van der Waals surface area contributed by atoms with Crippen molar-refractivity contribution in [1.29, 1.82) is 0 Å². The molecule has 2 aromatic heterocycles. The standard InChI is InChI=1S/C12H18ClN7/c1-8(12(2,3)4)19(5)10-16-9(13)17-11(18-10)20-7-14-6-15-20/h6-8H,1-5H3. The van der Waals surface area contributed by atoms with E-state index < -0.39 is 0 Å². The predicted molar refractivity (Wildman–Crippen MR) is 77.1 cm³/mol. The van der Waals surface area contributed by atoms with Crippen molar-refractivity contribution in [2.45, 2.75) is 33.7 Å². The van der Waals surface area contributed by atoms with E-state index in [1.54, 1.807) is 0 Å². The van der Waals surface area contributed by atoms with Crippen molar-refractivity contribution in [3.8, 4) is 5.95 Å². The molecule has 7 nitrogen and oxygen atoms in total. The summed E-state index contributed by atoms with van der Waals surface area (Å²) in [6, 6.07) is 0.226. The molecule has 108 valence electrons. The summed E-state index contributed by atoms with van der Waals surface area (Å²) >= 11 is 5.98. The van der Waals surface area contributed by atoms with Gasteiger partial charge in [0.2, 0.25) is 11.2 Å². The Bertz CT molecular complexity index is 576. The molecule has 0 spiro atoms. The Morgan fingerprint density at radius 2 is 1.95 bits per heavy atom. The fraction of sp³-hybridized carbons (Fsp3) is 0.583. The van der Waals surface area contributed by atoms with E-state index >= 15 is 0 Å². The summed E-state index contributed by atoms with van der Waals surface area (Å²) in [5.74, 6) is 0.864. The second-order valence-electron chi connectivity index (χ2n) is 5.70. The van der Waals surface area contributed by atoms with Gasteiger partial charge in [0.25, 0.3) is 5.95 Å². The molecule has 0 amide bonds. The number of hydrogen-bond acceptors (Lipinski definition) is 6. The molecule has 0 saturated heterocycles. The van der Waals surface area contributed by atoms with Gasteiger partial charge in [0.15, 0.2) is 0 Å². The molecule has 1 unspecified atom stereocenters. The zero-order valence-electron chi connectivity index (χ0n) is 12.2. The topological polar surface area (TPSA) is 72.6 Å². The van der Waals surface area contributed by atoms with Crippen LogP contribution in [0.2, 0.25) is 5.28 Å². The van der Waals surface area contributed by atoms with Gasteiger partial charge >= 0.3 is 0 Å². The van der Waals surface area contributed by atoms with E-state index in [4.69, 9.17) is 11.6 Å². The highest BCUT2D eigenvalue weighted by molar-refractivity contribution is 6.28. The third-order valence-corrected chi connectivity index (χ3v) is 3.53. The van der Waals surface area contributed by atoms with Crippen molar-refractivity contribution >= 4 is 17.5 Å². The van der Waals surface area contributed by atoms with Crippen molar-refractivity contribution in [2.75, 3.05) is 11.9 Å². The Kier molecular flexibility index (Phi) is 3.89. The first kappa shape index (κ1) is 14.6. The first-order valence-electron chi connectivity index (χ1n) is 6.28. The molecule has 0 fully saturated rings. The zero-order valence-corrected chi connectivity index (χ0v) is 13.0. The average molecular weight is 296 g/mol. The zero-order chi connectivity index (χ0) is 14.9. The van der Waals surface area contributed by atoms with Gasteiger partial charge in [-0.2, -0.15) is 24.7 Å². The molecular formula is C12H18ClN7. The molecule has 0 bridgehead atoms. The lowest BCUT2D eigenvalue weighted by molar-refractivity contribution is 0.327. The molecule has 0 aliphatic carbocycles. The highest BCUT2D eigenvalue weighted by Gasteiger charge is 2.26. The SMILES string of the molecule is CC(N(C)c1nc(Cl)nc(-n2cncn2)n1)C(C)(C)C. The molecule has 2 heterocycles. The van der Waals surface area contributed by atoms with E-state index in [0.29, 0.717) is 11.9 Å². The van der Waals surface area contributed by atoms with E-state index in [0.717, 1.165) is 0 Å². The number of anilines is 1. The molecule has 2 rings (SSSR count).